The first-order valence-electron chi connectivity index (χ1n) is 8.21. The Kier molecular flexibility index (Phi) is 4.12. The van der Waals surface area contributed by atoms with Crippen LogP contribution >= 0.6 is 11.3 Å². The molecule has 1 aromatic carbocycles. The molecule has 0 spiro atoms. The molecule has 0 aliphatic carbocycles. The highest BCUT2D eigenvalue weighted by Gasteiger charge is 2.17. The highest BCUT2D eigenvalue weighted by Crippen LogP contribution is 2.36. The lowest BCUT2D eigenvalue weighted by Gasteiger charge is -2.11. The van der Waals surface area contributed by atoms with Gasteiger partial charge in [-0.15, -0.1) is 11.3 Å². The number of nitrogen functional groups attached to an aromatic ring is 1. The van der Waals surface area contributed by atoms with Crippen LogP contribution < -0.4 is 15.8 Å². The summed E-state index contributed by atoms with van der Waals surface area (Å²) in [4.78, 5) is 17.6. The number of benzene rings is 1. The Labute approximate surface area is 159 Å². The van der Waals surface area contributed by atoms with Gasteiger partial charge in [0.2, 0.25) is 0 Å². The lowest BCUT2D eigenvalue weighted by atomic mass is 10.1. The Bertz CT molecular complexity index is 1180. The van der Waals surface area contributed by atoms with E-state index >= 15 is 0 Å². The number of hydrogen-bond acceptors (Lipinski definition) is 6. The van der Waals surface area contributed by atoms with Crippen LogP contribution in [0, 0.1) is 6.92 Å². The summed E-state index contributed by atoms with van der Waals surface area (Å²) in [6.45, 7) is 2.05. The van der Waals surface area contributed by atoms with E-state index in [2.05, 4.69) is 5.32 Å². The van der Waals surface area contributed by atoms with E-state index in [1.165, 1.54) is 7.11 Å². The number of anilines is 2. The number of carbonyl (C=O) groups excluding carboxylic acids is 1. The second kappa shape index (κ2) is 6.48. The van der Waals surface area contributed by atoms with Crippen LogP contribution in [0.1, 0.15) is 4.88 Å². The van der Waals surface area contributed by atoms with Crippen molar-refractivity contribution in [3.8, 4) is 17.0 Å². The fraction of sp³-hybridized carbons (Fsp3) is 0.158. The zero-order valence-electron chi connectivity index (χ0n) is 15.1. The van der Waals surface area contributed by atoms with Crippen molar-refractivity contribution in [1.29, 1.82) is 0 Å². The first-order valence-corrected chi connectivity index (χ1v) is 9.09. The zero-order chi connectivity index (χ0) is 19.1. The van der Waals surface area contributed by atoms with Crippen LogP contribution in [-0.4, -0.2) is 29.7 Å². The van der Waals surface area contributed by atoms with Gasteiger partial charge in [0.05, 0.1) is 19.9 Å². The second-order valence-corrected chi connectivity index (χ2v) is 7.12. The predicted molar refractivity (Wildman–Crippen MR) is 108 cm³/mol. The van der Waals surface area contributed by atoms with Crippen LogP contribution in [0.2, 0.25) is 0 Å². The van der Waals surface area contributed by atoms with E-state index < -0.39 is 6.09 Å². The molecule has 3 heterocycles. The number of nitrogens with two attached hydrogens (primary N) is 1. The average molecular weight is 382 g/mol. The molecular formula is C19H18N4O3S. The number of rotatable bonds is 3. The summed E-state index contributed by atoms with van der Waals surface area (Å²) < 4.78 is 11.9. The van der Waals surface area contributed by atoms with Crippen molar-refractivity contribution < 1.29 is 14.3 Å². The molecule has 4 rings (SSSR count). The number of hydrogen-bond donors (Lipinski definition) is 2. The lowest BCUT2D eigenvalue weighted by Crippen LogP contribution is -2.11. The third-order valence-electron chi connectivity index (χ3n) is 4.50. The van der Waals surface area contributed by atoms with E-state index in [0.717, 1.165) is 26.9 Å². The van der Waals surface area contributed by atoms with Gasteiger partial charge in [-0.25, -0.2) is 9.78 Å². The third-order valence-corrected chi connectivity index (χ3v) is 5.35. The molecule has 0 bridgehead atoms. The summed E-state index contributed by atoms with van der Waals surface area (Å²) in [7, 11) is 2.86. The predicted octanol–water partition coefficient (Wildman–Crippen LogP) is 4.29. The van der Waals surface area contributed by atoms with Gasteiger partial charge in [-0.2, -0.15) is 0 Å². The number of methoxy groups -OCH3 is 2. The largest absolute Gasteiger partial charge is 0.495 e. The molecule has 0 aliphatic heterocycles. The Hall–Kier alpha value is -3.26. The van der Waals surface area contributed by atoms with Gasteiger partial charge in [0.15, 0.2) is 0 Å². The summed E-state index contributed by atoms with van der Waals surface area (Å²) in [5, 5.41) is 6.46. The molecule has 0 radical (unpaired) electrons. The smallest absolute Gasteiger partial charge is 0.411 e. The third kappa shape index (κ3) is 2.74. The highest BCUT2D eigenvalue weighted by molar-refractivity contribution is 7.10. The quantitative estimate of drug-likeness (QED) is 0.551. The number of fused-ring (bicyclic) bond motifs is 3. The Morgan fingerprint density at radius 2 is 2.11 bits per heavy atom. The highest BCUT2D eigenvalue weighted by atomic mass is 32.1. The van der Waals surface area contributed by atoms with E-state index in [-0.39, 0.29) is 0 Å². The standard InChI is InChI=1S/C19H18N4O3S/c1-10-12(5-7-27-10)16-17(20)23-6-4-11-8-15(25-2)14(21-19(24)26-3)9-13(11)18(23)22-16/h4-9H,20H2,1-3H3,(H,21,24). The van der Waals surface area contributed by atoms with Gasteiger partial charge >= 0.3 is 6.09 Å². The monoisotopic (exact) mass is 382 g/mol. The van der Waals surface area contributed by atoms with Crippen molar-refractivity contribution in [2.45, 2.75) is 6.92 Å². The first kappa shape index (κ1) is 17.2. The summed E-state index contributed by atoms with van der Waals surface area (Å²) in [6, 6.07) is 7.63. The molecule has 1 amide bonds. The number of nitrogens with one attached hydrogen (secondary N) is 1. The Balaban J connectivity index is 1.98. The number of nitrogens with zero attached hydrogens (tertiary/aromatic N) is 2. The van der Waals surface area contributed by atoms with Crippen LogP contribution in [0.4, 0.5) is 16.3 Å². The number of pyridine rings is 1. The second-order valence-electron chi connectivity index (χ2n) is 6.00. The zero-order valence-corrected chi connectivity index (χ0v) is 15.9. The Morgan fingerprint density at radius 3 is 2.78 bits per heavy atom. The fourth-order valence-corrected chi connectivity index (χ4v) is 3.82. The average Bonchev–Trinajstić information content (AvgIpc) is 3.24. The molecule has 138 valence electrons. The molecule has 3 aromatic heterocycles. The number of ether oxygens (including phenoxy) is 2. The van der Waals surface area contributed by atoms with Crippen molar-refractivity contribution in [3.63, 3.8) is 0 Å². The maximum atomic E-state index is 11.7. The summed E-state index contributed by atoms with van der Waals surface area (Å²) >= 11 is 1.66. The van der Waals surface area contributed by atoms with Crippen molar-refractivity contribution in [2.75, 3.05) is 25.3 Å². The van der Waals surface area contributed by atoms with Gasteiger partial charge < -0.3 is 15.2 Å². The van der Waals surface area contributed by atoms with Gasteiger partial charge in [0.25, 0.3) is 0 Å². The number of carbonyl (C=O) groups is 1. The van der Waals surface area contributed by atoms with Gasteiger partial charge in [0.1, 0.15) is 22.9 Å². The van der Waals surface area contributed by atoms with E-state index in [9.17, 15) is 4.79 Å². The van der Waals surface area contributed by atoms with Crippen LogP contribution in [0.3, 0.4) is 0 Å². The van der Waals surface area contributed by atoms with Gasteiger partial charge in [-0.3, -0.25) is 9.72 Å². The summed E-state index contributed by atoms with van der Waals surface area (Å²) in [5.74, 6) is 1.11. The Morgan fingerprint density at radius 1 is 1.30 bits per heavy atom. The minimum atomic E-state index is -0.572. The van der Waals surface area contributed by atoms with E-state index in [1.54, 1.807) is 18.4 Å². The minimum Gasteiger partial charge on any atom is -0.495 e. The molecule has 0 atom stereocenters. The molecule has 8 heteroatoms. The maximum absolute atomic E-state index is 11.7. The molecule has 7 nitrogen and oxygen atoms in total. The summed E-state index contributed by atoms with van der Waals surface area (Å²) in [5.41, 5.74) is 9.36. The molecule has 3 N–H and O–H groups in total. The van der Waals surface area contributed by atoms with Crippen molar-refractivity contribution in [3.05, 3.63) is 40.7 Å². The molecular weight excluding hydrogens is 364 g/mol. The number of imidazole rings is 1. The van der Waals surface area contributed by atoms with E-state index in [4.69, 9.17) is 20.2 Å². The van der Waals surface area contributed by atoms with Gasteiger partial charge in [-0.05, 0) is 42.0 Å². The molecule has 27 heavy (non-hydrogen) atoms. The number of aromatic nitrogens is 2. The lowest BCUT2D eigenvalue weighted by molar-refractivity contribution is 0.187. The molecule has 4 aromatic rings. The van der Waals surface area contributed by atoms with Crippen LogP contribution in [0.25, 0.3) is 27.7 Å². The van der Waals surface area contributed by atoms with Crippen LogP contribution in [0.5, 0.6) is 5.75 Å². The fourth-order valence-electron chi connectivity index (χ4n) is 3.12. The van der Waals surface area contributed by atoms with Crippen LogP contribution in [-0.2, 0) is 4.74 Å². The SMILES string of the molecule is COC(=O)Nc1cc2c(ccn3c(N)c(-c4ccsc4C)nc23)cc1OC. The van der Waals surface area contributed by atoms with E-state index in [1.807, 2.05) is 47.2 Å². The molecule has 0 saturated carbocycles. The maximum Gasteiger partial charge on any atom is 0.411 e. The van der Waals surface area contributed by atoms with Crippen molar-refractivity contribution >= 4 is 45.4 Å². The topological polar surface area (TPSA) is 90.9 Å². The normalized spacial score (nSPS) is 11.1. The van der Waals surface area contributed by atoms with Gasteiger partial charge in [-0.1, -0.05) is 0 Å². The molecule has 0 saturated heterocycles. The number of amides is 1. The van der Waals surface area contributed by atoms with Gasteiger partial charge in [0, 0.05) is 22.0 Å². The molecule has 0 unspecified atom stereocenters. The number of aryl methyl sites for hydroxylation is 1. The summed E-state index contributed by atoms with van der Waals surface area (Å²) in [6.07, 6.45) is 1.31. The molecule has 0 aliphatic rings. The first-order chi connectivity index (χ1) is 13.0. The minimum absolute atomic E-state index is 0.500. The van der Waals surface area contributed by atoms with Crippen LogP contribution in [0.15, 0.2) is 35.8 Å². The van der Waals surface area contributed by atoms with Crippen molar-refractivity contribution in [1.82, 2.24) is 9.38 Å². The molecule has 0 fully saturated rings. The van der Waals surface area contributed by atoms with Crippen molar-refractivity contribution in [2.24, 2.45) is 0 Å². The van der Waals surface area contributed by atoms with E-state index in [0.29, 0.717) is 22.9 Å². The number of thiophene rings is 1.